The first-order valence-electron chi connectivity index (χ1n) is 8.52. The predicted molar refractivity (Wildman–Crippen MR) is 106 cm³/mol. The maximum absolute atomic E-state index is 12.8. The fourth-order valence-electron chi connectivity index (χ4n) is 3.23. The van der Waals surface area contributed by atoms with Gasteiger partial charge in [0, 0.05) is 30.7 Å². The minimum absolute atomic E-state index is 0.0968. The summed E-state index contributed by atoms with van der Waals surface area (Å²) in [5.41, 5.74) is 6.67. The number of fused-ring (bicyclic) bond motifs is 1. The molecule has 0 radical (unpaired) electrons. The summed E-state index contributed by atoms with van der Waals surface area (Å²) >= 11 is 0. The number of nitrogens with one attached hydrogen (secondary N) is 1. The van der Waals surface area contributed by atoms with Crippen LogP contribution >= 0.6 is 0 Å². The average Bonchev–Trinajstić information content (AvgIpc) is 3.37. The van der Waals surface area contributed by atoms with Crippen molar-refractivity contribution in [3.05, 3.63) is 42.9 Å². The van der Waals surface area contributed by atoms with E-state index >= 15 is 0 Å². The molecule has 0 bridgehead atoms. The van der Waals surface area contributed by atoms with Crippen molar-refractivity contribution in [1.82, 2.24) is 30.0 Å². The molecule has 0 saturated heterocycles. The van der Waals surface area contributed by atoms with E-state index in [-0.39, 0.29) is 17.9 Å². The Morgan fingerprint density at radius 1 is 1.07 bits per heavy atom. The van der Waals surface area contributed by atoms with Gasteiger partial charge >= 0.3 is 0 Å². The Morgan fingerprint density at radius 2 is 1.87 bits per heavy atom. The fourth-order valence-corrected chi connectivity index (χ4v) is 5.98. The number of primary sulfonamides is 1. The number of nitrogens with zero attached hydrogens (tertiary/aromatic N) is 5. The van der Waals surface area contributed by atoms with E-state index < -0.39 is 35.4 Å². The van der Waals surface area contributed by atoms with Gasteiger partial charge in [0.1, 0.15) is 10.5 Å². The molecule has 0 aliphatic rings. The first-order valence-corrected chi connectivity index (χ1v) is 11.7. The maximum atomic E-state index is 12.8. The molecule has 3 aromatic heterocycles. The van der Waals surface area contributed by atoms with E-state index in [2.05, 4.69) is 25.6 Å². The third kappa shape index (κ3) is 3.35. The molecular weight excluding hydrogens is 432 g/mol. The number of sulfone groups is 1. The van der Waals surface area contributed by atoms with Crippen LogP contribution in [0.15, 0.2) is 52.6 Å². The van der Waals surface area contributed by atoms with Crippen LogP contribution in [0.4, 0.5) is 0 Å². The number of tetrazole rings is 1. The van der Waals surface area contributed by atoms with Gasteiger partial charge in [-0.15, -0.1) is 10.2 Å². The monoisotopic (exact) mass is 448 g/mol. The molecule has 5 N–H and O–H groups in total. The second-order valence-electron chi connectivity index (χ2n) is 6.28. The number of hydrogen-bond acceptors (Lipinski definition) is 9. The van der Waals surface area contributed by atoms with Crippen molar-refractivity contribution in [3.63, 3.8) is 0 Å². The first kappa shape index (κ1) is 20.1. The van der Waals surface area contributed by atoms with Gasteiger partial charge in [-0.3, -0.25) is 0 Å². The van der Waals surface area contributed by atoms with E-state index in [0.29, 0.717) is 16.8 Å². The van der Waals surface area contributed by atoms with Crippen molar-refractivity contribution in [1.29, 1.82) is 0 Å². The zero-order valence-corrected chi connectivity index (χ0v) is 16.9. The van der Waals surface area contributed by atoms with Crippen molar-refractivity contribution in [3.8, 4) is 22.5 Å². The molecule has 0 atom stereocenters. The van der Waals surface area contributed by atoms with Crippen molar-refractivity contribution in [2.75, 3.05) is 12.3 Å². The van der Waals surface area contributed by atoms with E-state index in [1.165, 1.54) is 12.1 Å². The Hall–Kier alpha value is -3.20. The molecule has 30 heavy (non-hydrogen) atoms. The number of rotatable bonds is 6. The van der Waals surface area contributed by atoms with Gasteiger partial charge in [0.15, 0.2) is 9.84 Å². The number of sulfonamides is 1. The van der Waals surface area contributed by atoms with E-state index in [9.17, 15) is 16.8 Å². The highest BCUT2D eigenvalue weighted by Gasteiger charge is 2.32. The van der Waals surface area contributed by atoms with Crippen LogP contribution in [-0.2, 0) is 19.9 Å². The van der Waals surface area contributed by atoms with Crippen LogP contribution in [0, 0.1) is 0 Å². The van der Waals surface area contributed by atoms with Gasteiger partial charge < -0.3 is 10.1 Å². The highest BCUT2D eigenvalue weighted by molar-refractivity contribution is 7.93. The molecule has 0 amide bonds. The lowest BCUT2D eigenvalue weighted by molar-refractivity contribution is 0.583. The number of imidazole rings is 1. The number of aromatic nitrogens is 6. The lowest BCUT2D eigenvalue weighted by atomic mass is 10.00. The molecule has 4 rings (SSSR count). The second kappa shape index (κ2) is 7.24. The Morgan fingerprint density at radius 3 is 2.53 bits per heavy atom. The fraction of sp³-hybridized carbons (Fsp3) is 0.125. The van der Waals surface area contributed by atoms with E-state index in [0.717, 1.165) is 0 Å². The molecule has 3 heterocycles. The minimum atomic E-state index is -4.53. The molecule has 0 aliphatic carbocycles. The first-order chi connectivity index (χ1) is 14.2. The highest BCUT2D eigenvalue weighted by Crippen LogP contribution is 2.39. The molecule has 0 unspecified atom stereocenters. The Labute approximate surface area is 170 Å². The van der Waals surface area contributed by atoms with E-state index in [1.54, 1.807) is 35.1 Å². The topological polar surface area (TPSA) is 192 Å². The van der Waals surface area contributed by atoms with Crippen molar-refractivity contribution in [2.45, 2.75) is 9.79 Å². The molecule has 156 valence electrons. The largest absolute Gasteiger partial charge is 0.329 e. The number of H-pyrrole nitrogens is 1. The Bertz CT molecular complexity index is 1440. The molecule has 0 spiro atoms. The van der Waals surface area contributed by atoms with Crippen molar-refractivity contribution in [2.24, 2.45) is 10.9 Å². The van der Waals surface area contributed by atoms with Crippen LogP contribution in [0.5, 0.6) is 0 Å². The molecule has 4 aromatic rings. The van der Waals surface area contributed by atoms with Gasteiger partial charge in [0.25, 0.3) is 0 Å². The number of pyridine rings is 1. The summed E-state index contributed by atoms with van der Waals surface area (Å²) in [6.45, 7) is -0.195. The molecule has 0 saturated carbocycles. The van der Waals surface area contributed by atoms with Crippen LogP contribution in [0.2, 0.25) is 0 Å². The molecule has 12 nitrogen and oxygen atoms in total. The summed E-state index contributed by atoms with van der Waals surface area (Å²) < 4.78 is 52.4. The summed E-state index contributed by atoms with van der Waals surface area (Å²) in [6.07, 6.45) is 5.06. The quantitative estimate of drug-likeness (QED) is 0.351. The van der Waals surface area contributed by atoms with Gasteiger partial charge in [-0.2, -0.15) is 5.21 Å². The van der Waals surface area contributed by atoms with E-state index in [4.69, 9.17) is 10.9 Å². The third-order valence-electron chi connectivity index (χ3n) is 4.41. The van der Waals surface area contributed by atoms with Crippen molar-refractivity contribution < 1.29 is 16.8 Å². The molecule has 0 aliphatic heterocycles. The normalized spacial score (nSPS) is 12.5. The highest BCUT2D eigenvalue weighted by atomic mass is 32.2. The van der Waals surface area contributed by atoms with Crippen molar-refractivity contribution >= 4 is 25.5 Å². The summed E-state index contributed by atoms with van der Waals surface area (Å²) in [6, 6.07) is 6.10. The SMILES string of the molecule is NCCS(=O)(=O)c1ccc(-c2cccn3ccnc23)c(-c2nn[nH]n2)c1S(N)(=O)=O. The number of aromatic amines is 1. The average molecular weight is 448 g/mol. The number of nitrogens with two attached hydrogens (primary N) is 2. The summed E-state index contributed by atoms with van der Waals surface area (Å²) in [5.74, 6) is -0.594. The lowest BCUT2D eigenvalue weighted by Crippen LogP contribution is -2.22. The zero-order valence-electron chi connectivity index (χ0n) is 15.3. The van der Waals surface area contributed by atoms with Gasteiger partial charge in [-0.1, -0.05) is 6.07 Å². The third-order valence-corrected chi connectivity index (χ3v) is 7.31. The second-order valence-corrected chi connectivity index (χ2v) is 9.86. The minimum Gasteiger partial charge on any atom is -0.329 e. The molecule has 0 fully saturated rings. The summed E-state index contributed by atoms with van der Waals surface area (Å²) in [7, 11) is -8.59. The summed E-state index contributed by atoms with van der Waals surface area (Å²) in [5, 5.41) is 18.9. The van der Waals surface area contributed by atoms with Gasteiger partial charge in [-0.25, -0.2) is 27.0 Å². The Kier molecular flexibility index (Phi) is 4.85. The van der Waals surface area contributed by atoms with Crippen LogP contribution in [0.3, 0.4) is 0 Å². The van der Waals surface area contributed by atoms with Gasteiger partial charge in [-0.05, 0) is 29.0 Å². The number of hydrogen-bond donors (Lipinski definition) is 3. The summed E-state index contributed by atoms with van der Waals surface area (Å²) in [4.78, 5) is 3.19. The molecule has 1 aromatic carbocycles. The standard InChI is InChI=1S/C16H16N8O4S2/c17-5-9-29(25,26)12-4-3-10(11-2-1-7-24-8-6-19-16(11)24)13(14(12)30(18,27)28)15-20-22-23-21-15/h1-4,6-8H,5,9,17H2,(H2,18,27,28)(H,20,21,22,23). The maximum Gasteiger partial charge on any atom is 0.240 e. The van der Waals surface area contributed by atoms with Gasteiger partial charge in [0.05, 0.1) is 16.2 Å². The van der Waals surface area contributed by atoms with Crippen LogP contribution in [0.1, 0.15) is 0 Å². The predicted octanol–water partition coefficient (Wildman–Crippen LogP) is -0.439. The smallest absolute Gasteiger partial charge is 0.240 e. The van der Waals surface area contributed by atoms with Crippen LogP contribution in [0.25, 0.3) is 28.2 Å². The van der Waals surface area contributed by atoms with Crippen LogP contribution < -0.4 is 10.9 Å². The Balaban J connectivity index is 2.18. The van der Waals surface area contributed by atoms with Crippen LogP contribution in [-0.4, -0.2) is 59.1 Å². The lowest BCUT2D eigenvalue weighted by Gasteiger charge is -2.16. The molecular formula is C16H16N8O4S2. The van der Waals surface area contributed by atoms with E-state index in [1.807, 2.05) is 0 Å². The number of benzene rings is 1. The zero-order chi connectivity index (χ0) is 21.5. The molecule has 14 heteroatoms. The van der Waals surface area contributed by atoms with Gasteiger partial charge in [0.2, 0.25) is 15.8 Å².